The third-order valence-corrected chi connectivity index (χ3v) is 3.29. The molecule has 0 bridgehead atoms. The van der Waals surface area contributed by atoms with Crippen LogP contribution in [0.5, 0.6) is 0 Å². The normalized spacial score (nSPS) is 11.8. The largest absolute Gasteiger partial charge is 0.545 e. The number of H-pyrrole nitrogens is 1. The maximum Gasteiger partial charge on any atom is 0.193 e. The summed E-state index contributed by atoms with van der Waals surface area (Å²) in [6.07, 6.45) is 2.15. The third kappa shape index (κ3) is 2.75. The van der Waals surface area contributed by atoms with Gasteiger partial charge in [-0.15, -0.1) is 0 Å². The molecular weight excluding hydrogens is 278 g/mol. The summed E-state index contributed by atoms with van der Waals surface area (Å²) in [4.78, 5) is 26.4. The molecule has 0 aliphatic carbocycles. The van der Waals surface area contributed by atoms with Gasteiger partial charge in [-0.2, -0.15) is 0 Å². The number of aromatic nitrogens is 1. The number of fused-ring (bicyclic) bond motifs is 1. The lowest BCUT2D eigenvalue weighted by Gasteiger charge is -2.08. The molecular formula is C15H13ClNO3-. The van der Waals surface area contributed by atoms with Crippen LogP contribution in [0, 0.1) is 6.92 Å². The Morgan fingerprint density at radius 1 is 1.45 bits per heavy atom. The number of hydrogen-bond donors (Lipinski definition) is 1. The molecule has 0 saturated carbocycles. The summed E-state index contributed by atoms with van der Waals surface area (Å²) in [6, 6.07) is 4.32. The Hall–Kier alpha value is -2.07. The van der Waals surface area contributed by atoms with Gasteiger partial charge in [-0.3, -0.25) is 4.79 Å². The highest BCUT2D eigenvalue weighted by atomic mass is 35.5. The summed E-state index contributed by atoms with van der Waals surface area (Å²) in [5, 5.41) is 11.8. The number of aryl methyl sites for hydroxylation is 1. The molecule has 1 aromatic carbocycles. The second-order valence-corrected chi connectivity index (χ2v) is 5.20. The Balaban J connectivity index is 2.68. The number of carboxylic acids is 1. The number of benzene rings is 1. The first kappa shape index (κ1) is 14.3. The lowest BCUT2D eigenvalue weighted by Crippen LogP contribution is -2.22. The first-order chi connectivity index (χ1) is 9.40. The van der Waals surface area contributed by atoms with Crippen LogP contribution in [0.3, 0.4) is 0 Å². The van der Waals surface area contributed by atoms with Crippen molar-refractivity contribution in [2.75, 3.05) is 0 Å². The summed E-state index contributed by atoms with van der Waals surface area (Å²) in [7, 11) is 0. The van der Waals surface area contributed by atoms with E-state index in [0.717, 1.165) is 5.69 Å². The van der Waals surface area contributed by atoms with Crippen molar-refractivity contribution in [2.24, 2.45) is 0 Å². The van der Waals surface area contributed by atoms with E-state index in [9.17, 15) is 14.7 Å². The van der Waals surface area contributed by atoms with Crippen molar-refractivity contribution in [3.63, 3.8) is 0 Å². The van der Waals surface area contributed by atoms with E-state index in [1.165, 1.54) is 12.1 Å². The molecule has 1 heterocycles. The SMILES string of the molecule is C/C(Cl)=C\Cc1c(C)[nH]c2ccc(C(=O)[O-])cc2c1=O. The van der Waals surface area contributed by atoms with E-state index in [1.54, 1.807) is 26.0 Å². The van der Waals surface area contributed by atoms with E-state index in [-0.39, 0.29) is 11.0 Å². The highest BCUT2D eigenvalue weighted by molar-refractivity contribution is 6.29. The van der Waals surface area contributed by atoms with Crippen LogP contribution in [0.4, 0.5) is 0 Å². The van der Waals surface area contributed by atoms with E-state index in [0.29, 0.717) is 27.9 Å². The standard InChI is InChI=1S/C15H14ClNO3/c1-8(16)3-5-11-9(2)17-13-6-4-10(15(19)20)7-12(13)14(11)18/h3-4,6-7H,5H2,1-2H3,(H,17,18)(H,19,20)/p-1/b8-3+. The molecule has 0 radical (unpaired) electrons. The van der Waals surface area contributed by atoms with Gasteiger partial charge in [0, 0.05) is 27.2 Å². The van der Waals surface area contributed by atoms with Crippen LogP contribution in [0.2, 0.25) is 0 Å². The number of carboxylic acid groups (broad SMARTS) is 1. The van der Waals surface area contributed by atoms with Gasteiger partial charge in [0.2, 0.25) is 0 Å². The van der Waals surface area contributed by atoms with Gasteiger partial charge < -0.3 is 14.9 Å². The van der Waals surface area contributed by atoms with Crippen LogP contribution < -0.4 is 10.5 Å². The minimum atomic E-state index is -1.30. The van der Waals surface area contributed by atoms with Crippen LogP contribution in [-0.2, 0) is 6.42 Å². The Kier molecular flexibility index (Phi) is 3.95. The molecule has 0 unspecified atom stereocenters. The number of carbonyl (C=O) groups is 1. The molecule has 0 amide bonds. The molecule has 4 nitrogen and oxygen atoms in total. The van der Waals surface area contributed by atoms with Crippen molar-refractivity contribution < 1.29 is 9.90 Å². The number of allylic oxidation sites excluding steroid dienone is 2. The fourth-order valence-electron chi connectivity index (χ4n) is 2.07. The third-order valence-electron chi connectivity index (χ3n) is 3.14. The van der Waals surface area contributed by atoms with Gasteiger partial charge in [0.05, 0.1) is 5.97 Å². The number of hydrogen-bond acceptors (Lipinski definition) is 3. The molecule has 0 atom stereocenters. The quantitative estimate of drug-likeness (QED) is 0.938. The van der Waals surface area contributed by atoms with E-state index < -0.39 is 5.97 Å². The number of pyridine rings is 1. The molecule has 20 heavy (non-hydrogen) atoms. The Bertz CT molecular complexity index is 771. The smallest absolute Gasteiger partial charge is 0.193 e. The molecule has 104 valence electrons. The highest BCUT2D eigenvalue weighted by Crippen LogP contribution is 2.14. The fourth-order valence-corrected chi connectivity index (χ4v) is 2.14. The van der Waals surface area contributed by atoms with Crippen molar-refractivity contribution in [3.05, 3.63) is 56.4 Å². The summed E-state index contributed by atoms with van der Waals surface area (Å²) in [5.74, 6) is -1.30. The van der Waals surface area contributed by atoms with E-state index in [1.807, 2.05) is 0 Å². The van der Waals surface area contributed by atoms with Crippen molar-refractivity contribution in [1.29, 1.82) is 0 Å². The molecule has 0 spiro atoms. The monoisotopic (exact) mass is 290 g/mol. The fraction of sp³-hybridized carbons (Fsp3) is 0.200. The van der Waals surface area contributed by atoms with Gasteiger partial charge in [-0.1, -0.05) is 23.7 Å². The first-order valence-electron chi connectivity index (χ1n) is 6.09. The predicted octanol–water partition coefficient (Wildman–Crippen LogP) is 1.89. The van der Waals surface area contributed by atoms with Crippen molar-refractivity contribution in [2.45, 2.75) is 20.3 Å². The van der Waals surface area contributed by atoms with Crippen LogP contribution in [0.15, 0.2) is 34.1 Å². The molecule has 2 aromatic rings. The summed E-state index contributed by atoms with van der Waals surface area (Å²) in [5.41, 5.74) is 1.73. The van der Waals surface area contributed by atoms with Gasteiger partial charge >= 0.3 is 0 Å². The van der Waals surface area contributed by atoms with E-state index in [2.05, 4.69) is 4.98 Å². The number of aromatic amines is 1. The summed E-state index contributed by atoms with van der Waals surface area (Å²) in [6.45, 7) is 3.54. The zero-order chi connectivity index (χ0) is 14.9. The van der Waals surface area contributed by atoms with Gasteiger partial charge in [0.15, 0.2) is 5.43 Å². The summed E-state index contributed by atoms with van der Waals surface area (Å²) >= 11 is 5.78. The van der Waals surface area contributed by atoms with Gasteiger partial charge in [0.25, 0.3) is 0 Å². The maximum atomic E-state index is 12.4. The molecule has 0 aliphatic heterocycles. The van der Waals surface area contributed by atoms with Crippen molar-refractivity contribution in [1.82, 2.24) is 4.98 Å². The van der Waals surface area contributed by atoms with E-state index >= 15 is 0 Å². The molecule has 2 rings (SSSR count). The molecule has 0 saturated heterocycles. The van der Waals surface area contributed by atoms with Crippen LogP contribution >= 0.6 is 11.6 Å². The molecule has 0 fully saturated rings. The Morgan fingerprint density at radius 3 is 2.75 bits per heavy atom. The zero-order valence-electron chi connectivity index (χ0n) is 11.1. The average Bonchev–Trinajstić information content (AvgIpc) is 2.37. The highest BCUT2D eigenvalue weighted by Gasteiger charge is 2.09. The minimum Gasteiger partial charge on any atom is -0.545 e. The topological polar surface area (TPSA) is 73.0 Å². The maximum absolute atomic E-state index is 12.4. The predicted molar refractivity (Wildman–Crippen MR) is 77.0 cm³/mol. The Morgan fingerprint density at radius 2 is 2.15 bits per heavy atom. The van der Waals surface area contributed by atoms with Crippen molar-refractivity contribution in [3.8, 4) is 0 Å². The molecule has 5 heteroatoms. The zero-order valence-corrected chi connectivity index (χ0v) is 11.9. The number of aromatic carboxylic acids is 1. The number of nitrogens with one attached hydrogen (secondary N) is 1. The Labute approximate surface area is 120 Å². The van der Waals surface area contributed by atoms with Crippen LogP contribution in [-0.4, -0.2) is 11.0 Å². The second-order valence-electron chi connectivity index (χ2n) is 4.60. The minimum absolute atomic E-state index is 0.0122. The molecule has 1 N–H and O–H groups in total. The van der Waals surface area contributed by atoms with Crippen LogP contribution in [0.1, 0.15) is 28.5 Å². The second kappa shape index (κ2) is 5.51. The molecule has 1 aromatic heterocycles. The lowest BCUT2D eigenvalue weighted by molar-refractivity contribution is -0.255. The number of halogens is 1. The molecule has 0 aliphatic rings. The van der Waals surface area contributed by atoms with Crippen molar-refractivity contribution >= 4 is 28.5 Å². The first-order valence-corrected chi connectivity index (χ1v) is 6.47. The van der Waals surface area contributed by atoms with E-state index in [4.69, 9.17) is 11.6 Å². The van der Waals surface area contributed by atoms with Crippen LogP contribution in [0.25, 0.3) is 10.9 Å². The number of rotatable bonds is 3. The van der Waals surface area contributed by atoms with Gasteiger partial charge in [0.1, 0.15) is 0 Å². The average molecular weight is 291 g/mol. The number of carbonyl (C=O) groups excluding carboxylic acids is 1. The summed E-state index contributed by atoms with van der Waals surface area (Å²) < 4.78 is 0. The van der Waals surface area contributed by atoms with Gasteiger partial charge in [-0.25, -0.2) is 0 Å². The van der Waals surface area contributed by atoms with Gasteiger partial charge in [-0.05, 0) is 38.0 Å². The lowest BCUT2D eigenvalue weighted by atomic mass is 10.0.